The molecule has 0 fully saturated rings. The Balaban J connectivity index is 1.73. The van der Waals surface area contributed by atoms with Gasteiger partial charge >= 0.3 is 12.2 Å². The van der Waals surface area contributed by atoms with Crippen molar-refractivity contribution in [3.05, 3.63) is 71.2 Å². The number of hydrogen-bond acceptors (Lipinski definition) is 3. The summed E-state index contributed by atoms with van der Waals surface area (Å²) in [7, 11) is 0. The van der Waals surface area contributed by atoms with E-state index in [1.165, 1.54) is 23.5 Å². The summed E-state index contributed by atoms with van der Waals surface area (Å²) in [5.74, 6) is 0. The first kappa shape index (κ1) is 20.9. The summed E-state index contributed by atoms with van der Waals surface area (Å²) in [5.41, 5.74) is 1.47. The highest BCUT2D eigenvalue weighted by atomic mass is 32.1. The highest BCUT2D eigenvalue weighted by molar-refractivity contribution is 7.13. The number of hydrogen-bond donors (Lipinski definition) is 1. The van der Waals surface area contributed by atoms with Crippen molar-refractivity contribution in [1.82, 2.24) is 9.88 Å². The predicted octanol–water partition coefficient (Wildman–Crippen LogP) is 6.27. The molecule has 152 valence electrons. The Morgan fingerprint density at radius 1 is 1.17 bits per heavy atom. The molecule has 0 aliphatic carbocycles. The minimum atomic E-state index is -4.41. The van der Waals surface area contributed by atoms with Gasteiger partial charge < -0.3 is 10.2 Å². The third kappa shape index (κ3) is 5.35. The summed E-state index contributed by atoms with van der Waals surface area (Å²) in [4.78, 5) is 18.7. The number of halogens is 3. The molecule has 1 N–H and O–H groups in total. The average Bonchev–Trinajstić information content (AvgIpc) is 3.20. The maximum atomic E-state index is 12.7. The highest BCUT2D eigenvalue weighted by Crippen LogP contribution is 2.30. The van der Waals surface area contributed by atoms with Crippen LogP contribution in [0.2, 0.25) is 0 Å². The van der Waals surface area contributed by atoms with E-state index in [9.17, 15) is 18.0 Å². The van der Waals surface area contributed by atoms with Crippen molar-refractivity contribution in [2.24, 2.45) is 0 Å². The number of alkyl halides is 3. The van der Waals surface area contributed by atoms with Crippen LogP contribution in [0.25, 0.3) is 10.6 Å². The van der Waals surface area contributed by atoms with Crippen molar-refractivity contribution in [3.63, 3.8) is 0 Å². The van der Waals surface area contributed by atoms with Crippen LogP contribution in [0.3, 0.4) is 0 Å². The molecule has 0 aliphatic heterocycles. The van der Waals surface area contributed by atoms with Crippen molar-refractivity contribution in [3.8, 4) is 10.6 Å². The Kier molecular flexibility index (Phi) is 6.22. The van der Waals surface area contributed by atoms with E-state index in [1.54, 1.807) is 11.1 Å². The topological polar surface area (TPSA) is 45.2 Å². The Hall–Kier alpha value is -2.87. The summed E-state index contributed by atoms with van der Waals surface area (Å²) in [5, 5.41) is 5.48. The molecule has 3 rings (SSSR count). The van der Waals surface area contributed by atoms with Gasteiger partial charge in [0.2, 0.25) is 0 Å². The Bertz CT molecular complexity index is 954. The van der Waals surface area contributed by atoms with Gasteiger partial charge in [-0.2, -0.15) is 13.2 Å². The zero-order valence-corrected chi connectivity index (χ0v) is 16.7. The van der Waals surface area contributed by atoms with Gasteiger partial charge in [0.1, 0.15) is 5.01 Å². The Morgan fingerprint density at radius 2 is 1.90 bits per heavy atom. The molecular weight excluding hydrogens is 399 g/mol. The molecule has 0 spiro atoms. The fourth-order valence-electron chi connectivity index (χ4n) is 2.79. The zero-order chi connectivity index (χ0) is 21.0. The number of nitrogens with zero attached hydrogens (tertiary/aromatic N) is 2. The van der Waals surface area contributed by atoms with Gasteiger partial charge in [0.15, 0.2) is 0 Å². The first-order valence-corrected chi connectivity index (χ1v) is 9.85. The highest BCUT2D eigenvalue weighted by Gasteiger charge is 2.30. The Labute approximate surface area is 171 Å². The number of aromatic nitrogens is 1. The number of carbonyl (C=O) groups is 1. The first-order valence-electron chi connectivity index (χ1n) is 8.98. The maximum Gasteiger partial charge on any atom is 0.416 e. The fourth-order valence-corrected chi connectivity index (χ4v) is 3.43. The minimum absolute atomic E-state index is 0.104. The fraction of sp³-hybridized carbons (Fsp3) is 0.238. The molecule has 0 saturated heterocycles. The number of carbonyl (C=O) groups excluding carboxylic acids is 1. The van der Waals surface area contributed by atoms with Crippen molar-refractivity contribution < 1.29 is 18.0 Å². The SMILES string of the molecule is CC(C)N(Cc1cccc(-c2nccs2)c1)C(=O)Nc1ccc(C(F)(F)F)cc1. The monoisotopic (exact) mass is 419 g/mol. The largest absolute Gasteiger partial charge is 0.416 e. The molecule has 0 aliphatic rings. The van der Waals surface area contributed by atoms with Crippen molar-refractivity contribution in [2.45, 2.75) is 32.6 Å². The molecule has 29 heavy (non-hydrogen) atoms. The van der Waals surface area contributed by atoms with E-state index in [2.05, 4.69) is 10.3 Å². The lowest BCUT2D eigenvalue weighted by Crippen LogP contribution is -2.39. The number of rotatable bonds is 5. The second kappa shape index (κ2) is 8.65. The molecule has 4 nitrogen and oxygen atoms in total. The predicted molar refractivity (Wildman–Crippen MR) is 109 cm³/mol. The summed E-state index contributed by atoms with van der Waals surface area (Å²) < 4.78 is 38.1. The van der Waals surface area contributed by atoms with Crippen LogP contribution in [-0.2, 0) is 12.7 Å². The van der Waals surface area contributed by atoms with Crippen LogP contribution in [0, 0.1) is 0 Å². The van der Waals surface area contributed by atoms with Gasteiger partial charge in [0.25, 0.3) is 0 Å². The molecule has 0 unspecified atom stereocenters. The zero-order valence-electron chi connectivity index (χ0n) is 15.9. The van der Waals surface area contributed by atoms with Crippen LogP contribution in [0.1, 0.15) is 25.0 Å². The second-order valence-corrected chi connectivity index (χ2v) is 7.66. The van der Waals surface area contributed by atoms with Gasteiger partial charge in [-0.3, -0.25) is 0 Å². The average molecular weight is 419 g/mol. The molecular formula is C21H20F3N3OS. The molecule has 3 aromatic rings. The van der Waals surface area contributed by atoms with Crippen LogP contribution in [0.15, 0.2) is 60.1 Å². The molecule has 1 heterocycles. The number of benzene rings is 2. The molecule has 2 aromatic carbocycles. The Morgan fingerprint density at radius 3 is 2.48 bits per heavy atom. The lowest BCUT2D eigenvalue weighted by molar-refractivity contribution is -0.137. The number of urea groups is 1. The van der Waals surface area contributed by atoms with E-state index in [1.807, 2.05) is 43.5 Å². The van der Waals surface area contributed by atoms with Crippen molar-refractivity contribution >= 4 is 23.1 Å². The van der Waals surface area contributed by atoms with E-state index in [0.29, 0.717) is 12.2 Å². The smallest absolute Gasteiger partial charge is 0.318 e. The summed E-state index contributed by atoms with van der Waals surface area (Å²) in [6.45, 7) is 4.14. The molecule has 8 heteroatoms. The summed E-state index contributed by atoms with van der Waals surface area (Å²) in [6.07, 6.45) is -2.67. The van der Waals surface area contributed by atoms with E-state index >= 15 is 0 Å². The number of nitrogens with one attached hydrogen (secondary N) is 1. The van der Waals surface area contributed by atoms with Gasteiger partial charge in [-0.25, -0.2) is 9.78 Å². The molecule has 0 atom stereocenters. The van der Waals surface area contributed by atoms with E-state index < -0.39 is 11.7 Å². The van der Waals surface area contributed by atoms with Crippen LogP contribution < -0.4 is 5.32 Å². The molecule has 0 bridgehead atoms. The number of thiazole rings is 1. The summed E-state index contributed by atoms with van der Waals surface area (Å²) >= 11 is 1.54. The van der Waals surface area contributed by atoms with Crippen LogP contribution >= 0.6 is 11.3 Å². The normalized spacial score (nSPS) is 11.5. The van der Waals surface area contributed by atoms with Crippen LogP contribution in [0.5, 0.6) is 0 Å². The van der Waals surface area contributed by atoms with E-state index in [0.717, 1.165) is 28.3 Å². The van der Waals surface area contributed by atoms with Gasteiger partial charge in [0, 0.05) is 35.4 Å². The van der Waals surface area contributed by atoms with Gasteiger partial charge in [0.05, 0.1) is 5.56 Å². The lowest BCUT2D eigenvalue weighted by atomic mass is 10.1. The second-order valence-electron chi connectivity index (χ2n) is 6.76. The maximum absolute atomic E-state index is 12.7. The first-order chi connectivity index (χ1) is 13.7. The standard InChI is InChI=1S/C21H20F3N3OS/c1-14(2)27(13-15-4-3-5-16(12-15)19-25-10-11-29-19)20(28)26-18-8-6-17(7-9-18)21(22,23)24/h3-12,14H,13H2,1-2H3,(H,26,28). The summed E-state index contributed by atoms with van der Waals surface area (Å²) in [6, 6.07) is 11.7. The molecule has 0 saturated carbocycles. The minimum Gasteiger partial charge on any atom is -0.318 e. The van der Waals surface area contributed by atoms with Crippen molar-refractivity contribution in [1.29, 1.82) is 0 Å². The van der Waals surface area contributed by atoms with Gasteiger partial charge in [-0.05, 0) is 49.7 Å². The van der Waals surface area contributed by atoms with Gasteiger partial charge in [-0.15, -0.1) is 11.3 Å². The third-order valence-electron chi connectivity index (χ3n) is 4.31. The van der Waals surface area contributed by atoms with Crippen LogP contribution in [-0.4, -0.2) is 22.0 Å². The van der Waals surface area contributed by atoms with Crippen molar-refractivity contribution in [2.75, 3.05) is 5.32 Å². The van der Waals surface area contributed by atoms with Gasteiger partial charge in [-0.1, -0.05) is 18.2 Å². The lowest BCUT2D eigenvalue weighted by Gasteiger charge is -2.27. The molecule has 1 aromatic heterocycles. The number of anilines is 1. The van der Waals surface area contributed by atoms with Crippen LogP contribution in [0.4, 0.5) is 23.7 Å². The molecule has 0 radical (unpaired) electrons. The quantitative estimate of drug-likeness (QED) is 0.530. The number of amides is 2. The molecule has 2 amide bonds. The van der Waals surface area contributed by atoms with E-state index in [-0.39, 0.29) is 12.1 Å². The third-order valence-corrected chi connectivity index (χ3v) is 5.13. The van der Waals surface area contributed by atoms with E-state index in [4.69, 9.17) is 0 Å².